The second kappa shape index (κ2) is 13.6. The Morgan fingerprint density at radius 2 is 1.21 bits per heavy atom. The molecule has 236 valence electrons. The lowest BCUT2D eigenvalue weighted by atomic mass is 10.0. The Labute approximate surface area is 275 Å². The highest BCUT2D eigenvalue weighted by Gasteiger charge is 2.18. The third kappa shape index (κ3) is 6.52. The summed E-state index contributed by atoms with van der Waals surface area (Å²) in [6.07, 6.45) is 3.04. The molecule has 0 aliphatic heterocycles. The van der Waals surface area contributed by atoms with Crippen LogP contribution in [0.5, 0.6) is 0 Å². The van der Waals surface area contributed by atoms with E-state index in [1.54, 1.807) is 89.6 Å². The molecule has 0 saturated heterocycles. The molecule has 0 amide bonds. The number of halogens is 1. The molecule has 0 spiro atoms. The fourth-order valence-corrected chi connectivity index (χ4v) is 5.67. The van der Waals surface area contributed by atoms with E-state index >= 15 is 0 Å². The molecule has 0 aliphatic rings. The number of carbonyl (C=O) groups excluding carboxylic acids is 2. The van der Waals surface area contributed by atoms with Crippen LogP contribution in [0, 0.1) is 19.7 Å². The van der Waals surface area contributed by atoms with Crippen LogP contribution in [0.3, 0.4) is 0 Å². The molecule has 0 radical (unpaired) electrons. The van der Waals surface area contributed by atoms with Gasteiger partial charge in [0.15, 0.2) is 11.6 Å². The van der Waals surface area contributed by atoms with Crippen molar-refractivity contribution in [1.29, 1.82) is 0 Å². The number of H-pyrrole nitrogens is 1. The summed E-state index contributed by atoms with van der Waals surface area (Å²) < 4.78 is 15.9. The molecule has 2 heterocycles. The molecule has 1 N–H and O–H groups in total. The first-order chi connectivity index (χ1) is 23.2. The number of pyridine rings is 2. The van der Waals surface area contributed by atoms with Crippen LogP contribution in [0.25, 0.3) is 21.8 Å². The number of aryl methyl sites for hydroxylation is 2. The number of benzene rings is 5. The molecule has 7 heteroatoms. The molecule has 5 aromatic carbocycles. The van der Waals surface area contributed by atoms with Crippen LogP contribution >= 0.6 is 0 Å². The van der Waals surface area contributed by atoms with Crippen LogP contribution in [0.1, 0.15) is 48.5 Å². The van der Waals surface area contributed by atoms with E-state index in [0.29, 0.717) is 33.0 Å². The Morgan fingerprint density at radius 3 is 1.88 bits per heavy atom. The highest BCUT2D eigenvalue weighted by Crippen LogP contribution is 2.18. The molecule has 7 aromatic rings. The van der Waals surface area contributed by atoms with E-state index in [4.69, 9.17) is 0 Å². The maximum absolute atomic E-state index is 14.2. The number of aromatic nitrogens is 2. The highest BCUT2D eigenvalue weighted by molar-refractivity contribution is 6.11. The third-order valence-electron chi connectivity index (χ3n) is 8.12. The van der Waals surface area contributed by atoms with E-state index in [0.717, 1.165) is 16.6 Å². The van der Waals surface area contributed by atoms with Gasteiger partial charge >= 0.3 is 0 Å². The number of para-hydroxylation sites is 2. The number of rotatable bonds is 6. The maximum atomic E-state index is 14.2. The summed E-state index contributed by atoms with van der Waals surface area (Å²) in [7, 11) is 0. The van der Waals surface area contributed by atoms with Crippen LogP contribution in [0.4, 0.5) is 4.39 Å². The smallest absolute Gasteiger partial charge is 0.200 e. The van der Waals surface area contributed by atoms with Gasteiger partial charge in [-0.15, -0.1) is 0 Å². The van der Waals surface area contributed by atoms with Gasteiger partial charge in [-0.2, -0.15) is 0 Å². The van der Waals surface area contributed by atoms with Crippen molar-refractivity contribution in [2.75, 3.05) is 0 Å². The van der Waals surface area contributed by atoms with Gasteiger partial charge in [0.25, 0.3) is 0 Å². The monoisotopic (exact) mass is 634 g/mol. The number of nitrogens with one attached hydrogen (secondary N) is 1. The Balaban J connectivity index is 0.000000177. The van der Waals surface area contributed by atoms with Crippen molar-refractivity contribution in [3.8, 4) is 0 Å². The van der Waals surface area contributed by atoms with Gasteiger partial charge in [-0.25, -0.2) is 4.39 Å². The summed E-state index contributed by atoms with van der Waals surface area (Å²) in [6.45, 7) is 4.04. The number of fused-ring (bicyclic) bond motifs is 2. The lowest BCUT2D eigenvalue weighted by molar-refractivity contribution is 0.102. The zero-order valence-corrected chi connectivity index (χ0v) is 26.4. The van der Waals surface area contributed by atoms with Crippen LogP contribution in [-0.2, 0) is 6.54 Å². The molecule has 48 heavy (non-hydrogen) atoms. The molecule has 7 rings (SSSR count). The third-order valence-corrected chi connectivity index (χ3v) is 8.12. The average molecular weight is 635 g/mol. The molecule has 0 unspecified atom stereocenters. The van der Waals surface area contributed by atoms with Crippen molar-refractivity contribution >= 4 is 33.4 Å². The lowest BCUT2D eigenvalue weighted by Crippen LogP contribution is -2.20. The summed E-state index contributed by atoms with van der Waals surface area (Å²) in [5.41, 5.74) is 4.54. The van der Waals surface area contributed by atoms with Gasteiger partial charge in [-0.3, -0.25) is 19.2 Å². The molecule has 0 aliphatic carbocycles. The number of hydrogen-bond acceptors (Lipinski definition) is 4. The number of carbonyl (C=O) groups is 2. The molecule has 6 nitrogen and oxygen atoms in total. The zero-order valence-electron chi connectivity index (χ0n) is 26.4. The van der Waals surface area contributed by atoms with Gasteiger partial charge in [0.2, 0.25) is 10.9 Å². The first-order valence-electron chi connectivity index (χ1n) is 15.4. The predicted molar refractivity (Wildman–Crippen MR) is 188 cm³/mol. The summed E-state index contributed by atoms with van der Waals surface area (Å²) >= 11 is 0. The van der Waals surface area contributed by atoms with E-state index in [2.05, 4.69) is 4.98 Å². The summed E-state index contributed by atoms with van der Waals surface area (Å²) in [5, 5.41) is 0.975. The fourth-order valence-electron chi connectivity index (χ4n) is 5.67. The van der Waals surface area contributed by atoms with Gasteiger partial charge in [0.05, 0.1) is 23.2 Å². The molecule has 0 fully saturated rings. The van der Waals surface area contributed by atoms with Crippen LogP contribution in [0.15, 0.2) is 143 Å². The van der Waals surface area contributed by atoms with Gasteiger partial charge in [0, 0.05) is 45.4 Å². The van der Waals surface area contributed by atoms with E-state index in [9.17, 15) is 23.6 Å². The van der Waals surface area contributed by atoms with Crippen molar-refractivity contribution in [2.45, 2.75) is 20.4 Å². The Hall–Kier alpha value is -6.21. The normalized spacial score (nSPS) is 10.8. The molecule has 2 aromatic heterocycles. The first-order valence-corrected chi connectivity index (χ1v) is 15.4. The van der Waals surface area contributed by atoms with Gasteiger partial charge in [-0.05, 0) is 56.3 Å². The number of ketones is 2. The van der Waals surface area contributed by atoms with E-state index in [1.807, 2.05) is 50.2 Å². The van der Waals surface area contributed by atoms with Crippen molar-refractivity contribution < 1.29 is 14.0 Å². The molecule has 0 saturated carbocycles. The summed E-state index contributed by atoms with van der Waals surface area (Å²) in [5.74, 6) is -0.903. The van der Waals surface area contributed by atoms with Gasteiger partial charge < -0.3 is 9.55 Å². The Kier molecular flexibility index (Phi) is 9.03. The van der Waals surface area contributed by atoms with Gasteiger partial charge in [-0.1, -0.05) is 90.0 Å². The largest absolute Gasteiger partial charge is 0.360 e. The first kappa shape index (κ1) is 31.8. The van der Waals surface area contributed by atoms with Crippen molar-refractivity contribution in [2.24, 2.45) is 0 Å². The minimum absolute atomic E-state index is 0.0839. The van der Waals surface area contributed by atoms with E-state index < -0.39 is 0 Å². The topological polar surface area (TPSA) is 89.0 Å². The zero-order chi connectivity index (χ0) is 33.8. The average Bonchev–Trinajstić information content (AvgIpc) is 3.10. The molecule has 0 atom stereocenters. The second-order valence-corrected chi connectivity index (χ2v) is 11.6. The number of nitrogens with zero attached hydrogens (tertiary/aromatic N) is 1. The summed E-state index contributed by atoms with van der Waals surface area (Å²) in [6, 6.07) is 35.2. The van der Waals surface area contributed by atoms with Crippen LogP contribution < -0.4 is 10.9 Å². The van der Waals surface area contributed by atoms with Crippen LogP contribution in [-0.4, -0.2) is 21.1 Å². The fraction of sp³-hybridized carbons (Fsp3) is 0.0732. The minimum Gasteiger partial charge on any atom is -0.360 e. The predicted octanol–water partition coefficient (Wildman–Crippen LogP) is 7.80. The molecule has 0 bridgehead atoms. The van der Waals surface area contributed by atoms with Crippen molar-refractivity contribution in [3.63, 3.8) is 0 Å². The SMILES string of the molecule is Cc1cccc(C(=O)c2c[nH]c3ccccc3c2=O)c1.Cc1cccc(C(=O)c2cn(Cc3ccccc3F)c3ccccc3c2=O)c1. The Morgan fingerprint density at radius 1 is 0.646 bits per heavy atom. The minimum atomic E-state index is -0.332. The lowest BCUT2D eigenvalue weighted by Gasteiger charge is -2.14. The maximum Gasteiger partial charge on any atom is 0.200 e. The Bertz CT molecular complexity index is 2460. The van der Waals surface area contributed by atoms with Crippen LogP contribution in [0.2, 0.25) is 0 Å². The summed E-state index contributed by atoms with van der Waals surface area (Å²) in [4.78, 5) is 53.9. The number of aromatic amines is 1. The van der Waals surface area contributed by atoms with Crippen molar-refractivity contribution in [1.82, 2.24) is 9.55 Å². The second-order valence-electron chi connectivity index (χ2n) is 11.6. The number of hydrogen-bond donors (Lipinski definition) is 1. The quantitative estimate of drug-likeness (QED) is 0.189. The van der Waals surface area contributed by atoms with E-state index in [1.165, 1.54) is 12.3 Å². The standard InChI is InChI=1S/C24H18FNO2.C17H13NO2/c1-16-7-6-9-17(13-16)23(27)20-15-26(14-18-8-2-4-11-21(18)25)22-12-5-3-10-19(22)24(20)28;1-11-5-4-6-12(9-11)16(19)14-10-18-15-8-3-2-7-13(15)17(14)20/h2-13,15H,14H2,1H3;2-10H,1H3,(H,18,20). The van der Waals surface area contributed by atoms with Gasteiger partial charge in [0.1, 0.15) is 5.82 Å². The van der Waals surface area contributed by atoms with Crippen molar-refractivity contribution in [3.05, 3.63) is 199 Å². The van der Waals surface area contributed by atoms with E-state index in [-0.39, 0.29) is 45.9 Å². The molecular formula is C41H31FN2O4. The molecular weight excluding hydrogens is 603 g/mol. The highest BCUT2D eigenvalue weighted by atomic mass is 19.1.